The van der Waals surface area contributed by atoms with Gasteiger partial charge in [0.2, 0.25) is 10.0 Å². The van der Waals surface area contributed by atoms with E-state index in [-0.39, 0.29) is 40.7 Å². The van der Waals surface area contributed by atoms with Crippen LogP contribution in [0.2, 0.25) is 0 Å². The quantitative estimate of drug-likeness (QED) is 0.359. The molecule has 0 aliphatic heterocycles. The zero-order valence-corrected chi connectivity index (χ0v) is 18.9. The normalized spacial score (nSPS) is 11.2. The number of benzene rings is 3. The first kappa shape index (κ1) is 23.9. The molecule has 9 nitrogen and oxygen atoms in total. The molecule has 0 spiro atoms. The number of nitro benzene ring substituents is 1. The van der Waals surface area contributed by atoms with Crippen LogP contribution in [0.5, 0.6) is 11.5 Å². The summed E-state index contributed by atoms with van der Waals surface area (Å²) in [7, 11) is -3.82. The van der Waals surface area contributed by atoms with Gasteiger partial charge in [-0.2, -0.15) is 4.31 Å². The zero-order valence-electron chi connectivity index (χ0n) is 18.1. The van der Waals surface area contributed by atoms with E-state index >= 15 is 0 Å². The van der Waals surface area contributed by atoms with E-state index in [0.29, 0.717) is 5.75 Å². The highest BCUT2D eigenvalue weighted by molar-refractivity contribution is 7.89. The molecule has 0 atom stereocenters. The van der Waals surface area contributed by atoms with Gasteiger partial charge in [0.15, 0.2) is 5.75 Å². The molecule has 0 unspecified atom stereocenters. The second kappa shape index (κ2) is 10.2. The van der Waals surface area contributed by atoms with Crippen molar-refractivity contribution in [2.75, 3.05) is 18.4 Å². The molecule has 172 valence electrons. The van der Waals surface area contributed by atoms with E-state index in [0.717, 1.165) is 0 Å². The smallest absolute Gasteiger partial charge is 0.282 e. The zero-order chi connectivity index (χ0) is 24.0. The van der Waals surface area contributed by atoms with Gasteiger partial charge in [0.1, 0.15) is 11.3 Å². The largest absolute Gasteiger partial charge is 0.455 e. The first-order valence-electron chi connectivity index (χ1n) is 10.2. The highest BCUT2D eigenvalue weighted by Crippen LogP contribution is 2.33. The first-order valence-corrected chi connectivity index (χ1v) is 11.6. The summed E-state index contributed by atoms with van der Waals surface area (Å²) >= 11 is 0. The molecule has 0 saturated carbocycles. The lowest BCUT2D eigenvalue weighted by Gasteiger charge is -2.20. The average molecular weight is 470 g/mol. The molecule has 33 heavy (non-hydrogen) atoms. The van der Waals surface area contributed by atoms with E-state index in [4.69, 9.17) is 4.74 Å². The lowest BCUT2D eigenvalue weighted by atomic mass is 10.1. The Morgan fingerprint density at radius 2 is 1.64 bits per heavy atom. The Balaban J connectivity index is 2.06. The number of hydrogen-bond donors (Lipinski definition) is 1. The van der Waals surface area contributed by atoms with Crippen LogP contribution in [0.3, 0.4) is 0 Å². The monoisotopic (exact) mass is 469 g/mol. The number of nitro groups is 1. The summed E-state index contributed by atoms with van der Waals surface area (Å²) in [6.07, 6.45) is 0. The van der Waals surface area contributed by atoms with Gasteiger partial charge in [0.25, 0.3) is 11.6 Å². The molecule has 0 heterocycles. The molecule has 0 aliphatic carbocycles. The number of hydrogen-bond acceptors (Lipinski definition) is 6. The van der Waals surface area contributed by atoms with Gasteiger partial charge < -0.3 is 10.1 Å². The second-order valence-electron chi connectivity index (χ2n) is 6.89. The van der Waals surface area contributed by atoms with Gasteiger partial charge in [-0.25, -0.2) is 8.42 Å². The van der Waals surface area contributed by atoms with Crippen LogP contribution in [0.4, 0.5) is 11.4 Å². The molecule has 3 aromatic rings. The Morgan fingerprint density at radius 3 is 2.27 bits per heavy atom. The molecule has 3 rings (SSSR count). The van der Waals surface area contributed by atoms with Gasteiger partial charge >= 0.3 is 0 Å². The third kappa shape index (κ3) is 5.36. The number of nitrogens with zero attached hydrogens (tertiary/aromatic N) is 2. The number of carbonyl (C=O) groups excluding carboxylic acids is 1. The average Bonchev–Trinajstić information content (AvgIpc) is 2.81. The number of anilines is 1. The Labute approximate surface area is 191 Å². The minimum Gasteiger partial charge on any atom is -0.455 e. The number of amides is 1. The van der Waals surface area contributed by atoms with Crippen LogP contribution in [0, 0.1) is 10.1 Å². The molecule has 0 saturated heterocycles. The van der Waals surface area contributed by atoms with Gasteiger partial charge in [-0.3, -0.25) is 14.9 Å². The topological polar surface area (TPSA) is 119 Å². The van der Waals surface area contributed by atoms with E-state index in [1.807, 2.05) is 6.07 Å². The number of ether oxygens (including phenoxy) is 1. The van der Waals surface area contributed by atoms with E-state index in [9.17, 15) is 23.3 Å². The van der Waals surface area contributed by atoms with Gasteiger partial charge in [0.05, 0.1) is 15.5 Å². The Hall–Kier alpha value is -3.76. The third-order valence-electron chi connectivity index (χ3n) is 4.86. The van der Waals surface area contributed by atoms with Crippen molar-refractivity contribution in [1.82, 2.24) is 4.31 Å². The lowest BCUT2D eigenvalue weighted by molar-refractivity contribution is -0.385. The summed E-state index contributed by atoms with van der Waals surface area (Å²) in [5, 5.41) is 13.9. The molecular formula is C23H23N3O6S. The molecule has 3 aromatic carbocycles. The van der Waals surface area contributed by atoms with Crippen LogP contribution in [0.1, 0.15) is 24.2 Å². The van der Waals surface area contributed by atoms with Crippen molar-refractivity contribution < 1.29 is 22.9 Å². The summed E-state index contributed by atoms with van der Waals surface area (Å²) in [5.74, 6) is -0.109. The van der Waals surface area contributed by atoms with Crippen LogP contribution < -0.4 is 10.1 Å². The number of carbonyl (C=O) groups is 1. The van der Waals surface area contributed by atoms with Crippen LogP contribution >= 0.6 is 0 Å². The Morgan fingerprint density at radius 1 is 1.00 bits per heavy atom. The summed E-state index contributed by atoms with van der Waals surface area (Å²) in [6.45, 7) is 4.01. The fourth-order valence-electron chi connectivity index (χ4n) is 3.20. The molecule has 1 N–H and O–H groups in total. The van der Waals surface area contributed by atoms with E-state index in [2.05, 4.69) is 5.32 Å². The SMILES string of the molecule is CCN(CC)S(=O)(=O)c1ccc(Oc2ccccc2)c(NC(=O)c2ccccc2[N+](=O)[O-])c1. The minimum atomic E-state index is -3.82. The minimum absolute atomic E-state index is 0.0375. The van der Waals surface area contributed by atoms with Crippen molar-refractivity contribution in [3.63, 3.8) is 0 Å². The van der Waals surface area contributed by atoms with Crippen molar-refractivity contribution in [2.45, 2.75) is 18.7 Å². The molecule has 1 amide bonds. The lowest BCUT2D eigenvalue weighted by Crippen LogP contribution is -2.30. The van der Waals surface area contributed by atoms with Crippen molar-refractivity contribution >= 4 is 27.3 Å². The van der Waals surface area contributed by atoms with Crippen LogP contribution in [-0.2, 0) is 10.0 Å². The fraction of sp³-hybridized carbons (Fsp3) is 0.174. The molecule has 0 radical (unpaired) electrons. The van der Waals surface area contributed by atoms with E-state index in [1.54, 1.807) is 38.1 Å². The van der Waals surface area contributed by atoms with Crippen LogP contribution in [-0.4, -0.2) is 36.6 Å². The highest BCUT2D eigenvalue weighted by atomic mass is 32.2. The highest BCUT2D eigenvalue weighted by Gasteiger charge is 2.25. The predicted molar refractivity (Wildman–Crippen MR) is 124 cm³/mol. The van der Waals surface area contributed by atoms with Crippen molar-refractivity contribution in [3.05, 3.63) is 88.5 Å². The van der Waals surface area contributed by atoms with Crippen molar-refractivity contribution in [2.24, 2.45) is 0 Å². The standard InChI is InChI=1S/C23H23N3O6S/c1-3-25(4-2)33(30,31)18-14-15-22(32-17-10-6-5-7-11-17)20(16-18)24-23(27)19-12-8-9-13-21(19)26(28)29/h5-16H,3-4H2,1-2H3,(H,24,27). The number of para-hydroxylation sites is 2. The predicted octanol–water partition coefficient (Wildman–Crippen LogP) is 4.67. The summed E-state index contributed by atoms with van der Waals surface area (Å²) < 4.78 is 33.1. The van der Waals surface area contributed by atoms with Gasteiger partial charge in [0, 0.05) is 19.2 Å². The molecule has 10 heteroatoms. The van der Waals surface area contributed by atoms with Crippen LogP contribution in [0.15, 0.2) is 77.7 Å². The fourth-order valence-corrected chi connectivity index (χ4v) is 4.68. The molecule has 0 aromatic heterocycles. The molecule has 0 fully saturated rings. The maximum absolute atomic E-state index is 13.0. The summed E-state index contributed by atoms with van der Waals surface area (Å²) in [5.41, 5.74) is -0.465. The van der Waals surface area contributed by atoms with Crippen molar-refractivity contribution in [1.29, 1.82) is 0 Å². The van der Waals surface area contributed by atoms with E-state index < -0.39 is 20.9 Å². The molecular weight excluding hydrogens is 446 g/mol. The maximum Gasteiger partial charge on any atom is 0.282 e. The van der Waals surface area contributed by atoms with Crippen LogP contribution in [0.25, 0.3) is 0 Å². The molecule has 0 bridgehead atoms. The van der Waals surface area contributed by atoms with Gasteiger partial charge in [-0.05, 0) is 36.4 Å². The summed E-state index contributed by atoms with van der Waals surface area (Å²) in [4.78, 5) is 23.6. The van der Waals surface area contributed by atoms with Gasteiger partial charge in [-0.1, -0.05) is 44.2 Å². The number of nitrogens with one attached hydrogen (secondary N) is 1. The Kier molecular flexibility index (Phi) is 7.41. The van der Waals surface area contributed by atoms with Gasteiger partial charge in [-0.15, -0.1) is 0 Å². The first-order chi connectivity index (χ1) is 15.8. The number of rotatable bonds is 9. The second-order valence-corrected chi connectivity index (χ2v) is 8.83. The third-order valence-corrected chi connectivity index (χ3v) is 6.90. The summed E-state index contributed by atoms with van der Waals surface area (Å²) in [6, 6.07) is 18.4. The van der Waals surface area contributed by atoms with E-state index in [1.165, 1.54) is 46.8 Å². The number of sulfonamides is 1. The maximum atomic E-state index is 13.0. The van der Waals surface area contributed by atoms with Crippen molar-refractivity contribution in [3.8, 4) is 11.5 Å². The Bertz CT molecular complexity index is 1260. The molecule has 0 aliphatic rings.